The van der Waals surface area contributed by atoms with Crippen molar-refractivity contribution in [3.05, 3.63) is 77.9 Å². The Morgan fingerprint density at radius 2 is 1.28 bits per heavy atom. The number of fused-ring (bicyclic) bond motifs is 1. The van der Waals surface area contributed by atoms with Gasteiger partial charge in [0, 0.05) is 71.9 Å². The molecule has 26 nitrogen and oxygen atoms in total. The first kappa shape index (κ1) is 61.5. The van der Waals surface area contributed by atoms with Crippen LogP contribution in [-0.4, -0.2) is 239 Å². The van der Waals surface area contributed by atoms with Crippen molar-refractivity contribution in [2.75, 3.05) is 105 Å². The van der Waals surface area contributed by atoms with Crippen LogP contribution in [0.1, 0.15) is 36.8 Å². The molecule has 78 heavy (non-hydrogen) atoms. The second-order valence-electron chi connectivity index (χ2n) is 19.7. The van der Waals surface area contributed by atoms with Gasteiger partial charge in [-0.3, -0.25) is 73.2 Å². The maximum Gasteiger partial charge on any atom is 0.317 e. The van der Waals surface area contributed by atoms with E-state index in [2.05, 4.69) is 31.6 Å². The summed E-state index contributed by atoms with van der Waals surface area (Å²) >= 11 is 0. The molecule has 2 heterocycles. The van der Waals surface area contributed by atoms with E-state index in [0.717, 1.165) is 16.3 Å². The number of aliphatic carboxylic acids is 3. The van der Waals surface area contributed by atoms with Crippen LogP contribution in [0.5, 0.6) is 5.75 Å². The maximum atomic E-state index is 14.9. The van der Waals surface area contributed by atoms with Crippen molar-refractivity contribution in [2.24, 2.45) is 16.5 Å². The minimum atomic E-state index is -1.95. The lowest BCUT2D eigenvalue weighted by molar-refractivity contribution is -0.141. The Kier molecular flexibility index (Phi) is 24.1. The molecule has 426 valence electrons. The molecule has 3 aromatic rings. The molecule has 2 fully saturated rings. The lowest BCUT2D eigenvalue weighted by Gasteiger charge is -2.43. The molecule has 0 bridgehead atoms. The molecule has 0 aromatic heterocycles. The van der Waals surface area contributed by atoms with E-state index in [4.69, 9.17) is 11.5 Å². The fraction of sp³-hybridized carbons (Fsp3) is 0.519. The number of hydrogen-bond donors (Lipinski definition) is 12. The lowest BCUT2D eigenvalue weighted by Crippen LogP contribution is -2.69. The number of likely N-dealkylation sites (N-methyl/N-ethyl adjacent to an activating group) is 1. The highest BCUT2D eigenvalue weighted by Crippen LogP contribution is 2.24. The van der Waals surface area contributed by atoms with Crippen LogP contribution in [0.25, 0.3) is 10.8 Å². The minimum absolute atomic E-state index is 0.000908. The topological polar surface area (TPSA) is 378 Å². The number of amides is 4. The molecular weight excluding hydrogens is 1010 g/mol. The molecule has 1 unspecified atom stereocenters. The standard InChI is InChI=1S/C52H75N13O13/c1-61-42(9-5-16-55-44(69)30-62-18-20-63(31-45(70)71)22-24-65(33-47(74)75)25-23-64(21-19-62)32-46(72)73)50(78)58-40(8-4-17-56-51(53)54)49(77)59-41(27-36-10-13-37-6-2-3-7-38(37)26-36)48(76)57-29-43(68)60-52(61,34-66)28-35-11-14-39(67)15-12-35/h2-3,6-7,10-15,26,34,40-42,48,57,67,76H,4-5,8-9,16-25,27-33H2,1H3,(H,55,69)(H,58,78)(H,59,77)(H,60,68)(H,70,71)(H,72,73)(H,74,75)(H4,53,54,56)/t40-,41-,42+,48?,52+/m0/s1. The number of aliphatic imine (C=N–C) groups is 1. The Labute approximate surface area is 452 Å². The number of benzene rings is 3. The molecule has 0 spiro atoms. The summed E-state index contributed by atoms with van der Waals surface area (Å²) < 4.78 is 0. The van der Waals surface area contributed by atoms with Crippen LogP contribution in [-0.2, 0) is 51.2 Å². The zero-order valence-corrected chi connectivity index (χ0v) is 43.9. The van der Waals surface area contributed by atoms with Gasteiger partial charge in [-0.25, -0.2) is 0 Å². The van der Waals surface area contributed by atoms with Crippen molar-refractivity contribution in [1.29, 1.82) is 0 Å². The first-order valence-corrected chi connectivity index (χ1v) is 25.9. The molecule has 0 saturated carbocycles. The summed E-state index contributed by atoms with van der Waals surface area (Å²) in [7, 11) is 1.46. The first-order chi connectivity index (χ1) is 37.2. The summed E-state index contributed by atoms with van der Waals surface area (Å²) in [5.41, 5.74) is 10.4. The van der Waals surface area contributed by atoms with Crippen molar-refractivity contribution < 1.29 is 63.9 Å². The highest BCUT2D eigenvalue weighted by Gasteiger charge is 2.43. The molecule has 26 heteroatoms. The van der Waals surface area contributed by atoms with Crippen molar-refractivity contribution in [3.63, 3.8) is 0 Å². The third kappa shape index (κ3) is 20.2. The fourth-order valence-corrected chi connectivity index (χ4v) is 9.49. The number of hydrogen-bond acceptors (Lipinski definition) is 17. The molecule has 4 amide bonds. The molecule has 5 rings (SSSR count). The van der Waals surface area contributed by atoms with Gasteiger partial charge >= 0.3 is 17.9 Å². The summed E-state index contributed by atoms with van der Waals surface area (Å²) in [6.45, 7) is -0.0164. The molecule has 3 aromatic carbocycles. The van der Waals surface area contributed by atoms with Gasteiger partial charge < -0.3 is 58.3 Å². The number of phenols is 1. The van der Waals surface area contributed by atoms with Gasteiger partial charge in [0.1, 0.15) is 18.0 Å². The summed E-state index contributed by atoms with van der Waals surface area (Å²) in [6.07, 6.45) is -0.823. The second kappa shape index (κ2) is 30.6. The van der Waals surface area contributed by atoms with Crippen molar-refractivity contribution in [1.82, 2.24) is 51.1 Å². The van der Waals surface area contributed by atoms with E-state index >= 15 is 0 Å². The third-order valence-electron chi connectivity index (χ3n) is 13.7. The van der Waals surface area contributed by atoms with Crippen molar-refractivity contribution in [2.45, 2.75) is 68.5 Å². The smallest absolute Gasteiger partial charge is 0.317 e. The highest BCUT2D eigenvalue weighted by molar-refractivity contribution is 5.91. The van der Waals surface area contributed by atoms with E-state index in [0.29, 0.717) is 11.8 Å². The van der Waals surface area contributed by atoms with Gasteiger partial charge in [0.2, 0.25) is 23.6 Å². The number of nitrogens with zero attached hydrogens (tertiary/aromatic N) is 6. The summed E-state index contributed by atoms with van der Waals surface area (Å²) in [6, 6.07) is 15.7. The number of aliphatic hydroxyl groups is 1. The maximum absolute atomic E-state index is 14.9. The van der Waals surface area contributed by atoms with Gasteiger partial charge in [0.25, 0.3) is 0 Å². The Bertz CT molecular complexity index is 2520. The number of carboxylic acid groups (broad SMARTS) is 3. The van der Waals surface area contributed by atoms with E-state index in [1.165, 1.54) is 24.1 Å². The molecular formula is C52H75N13O13. The zero-order valence-electron chi connectivity index (χ0n) is 43.9. The predicted molar refractivity (Wildman–Crippen MR) is 287 cm³/mol. The average Bonchev–Trinajstić information content (AvgIpc) is 3.41. The number of nitrogens with two attached hydrogens (primary N) is 2. The number of carboxylic acids is 3. The van der Waals surface area contributed by atoms with Crippen LogP contribution >= 0.6 is 0 Å². The molecule has 2 saturated heterocycles. The number of aldehydes is 1. The van der Waals surface area contributed by atoms with Gasteiger partial charge in [-0.15, -0.1) is 0 Å². The highest BCUT2D eigenvalue weighted by atomic mass is 16.4. The predicted octanol–water partition coefficient (Wildman–Crippen LogP) is -3.04. The number of phenolic OH excluding ortho intramolecular Hbond substituents is 1. The number of carbonyl (C=O) groups excluding carboxylic acids is 5. The van der Waals surface area contributed by atoms with E-state index in [1.807, 2.05) is 42.5 Å². The summed E-state index contributed by atoms with van der Waals surface area (Å²) in [5, 5.41) is 66.6. The summed E-state index contributed by atoms with van der Waals surface area (Å²) in [4.78, 5) is 118. The van der Waals surface area contributed by atoms with Crippen LogP contribution < -0.4 is 38.1 Å². The fourth-order valence-electron chi connectivity index (χ4n) is 9.49. The Balaban J connectivity index is 1.40. The minimum Gasteiger partial charge on any atom is -0.508 e. The van der Waals surface area contributed by atoms with Crippen LogP contribution in [0.2, 0.25) is 0 Å². The second-order valence-corrected chi connectivity index (χ2v) is 19.7. The average molecular weight is 1090 g/mol. The molecule has 0 radical (unpaired) electrons. The van der Waals surface area contributed by atoms with E-state index in [1.54, 1.807) is 31.7 Å². The number of rotatable bonds is 21. The van der Waals surface area contributed by atoms with E-state index in [-0.39, 0.29) is 142 Å². The molecule has 14 N–H and O–H groups in total. The number of aliphatic hydroxyl groups excluding tert-OH is 1. The lowest BCUT2D eigenvalue weighted by atomic mass is 9.95. The monoisotopic (exact) mass is 1090 g/mol. The first-order valence-electron chi connectivity index (χ1n) is 25.9. The van der Waals surface area contributed by atoms with E-state index < -0.39 is 78.1 Å². The number of carbonyl (C=O) groups is 8. The van der Waals surface area contributed by atoms with E-state index in [9.17, 15) is 63.9 Å². The van der Waals surface area contributed by atoms with Crippen LogP contribution in [0.4, 0.5) is 0 Å². The van der Waals surface area contributed by atoms with Gasteiger partial charge in [-0.2, -0.15) is 0 Å². The Morgan fingerprint density at radius 3 is 1.83 bits per heavy atom. The van der Waals surface area contributed by atoms with Crippen LogP contribution in [0.15, 0.2) is 71.7 Å². The largest absolute Gasteiger partial charge is 0.508 e. The zero-order chi connectivity index (χ0) is 56.8. The molecule has 5 atom stereocenters. The normalized spacial score (nSPS) is 22.6. The molecule has 2 aliphatic rings. The quantitative estimate of drug-likeness (QED) is 0.0218. The van der Waals surface area contributed by atoms with Gasteiger partial charge in [-0.1, -0.05) is 54.6 Å². The third-order valence-corrected chi connectivity index (χ3v) is 13.7. The van der Waals surface area contributed by atoms with Crippen molar-refractivity contribution in [3.8, 4) is 5.75 Å². The number of aromatic hydroxyl groups is 1. The Morgan fingerprint density at radius 1 is 0.731 bits per heavy atom. The van der Waals surface area contributed by atoms with Crippen molar-refractivity contribution >= 4 is 64.6 Å². The van der Waals surface area contributed by atoms with Crippen LogP contribution in [0.3, 0.4) is 0 Å². The molecule has 2 aliphatic heterocycles. The molecule has 0 aliphatic carbocycles. The number of guanidine groups is 1. The Hall–Kier alpha value is -7.33. The number of nitrogens with one attached hydrogen (secondary N) is 5. The SMILES string of the molecule is CN1[C@H](CCCNC(=O)CN2CCN(CC(=O)O)CCN(CC(=O)O)CCN(CC(=O)O)CC2)C(=O)N[C@@H](CCCN=C(N)N)C(=O)N[C@@H](Cc2ccc3ccccc3c2)C(O)NCC(=O)N[C@]1(C=O)Cc1ccc(O)cc1. The van der Waals surface area contributed by atoms with Crippen LogP contribution in [0, 0.1) is 0 Å². The van der Waals surface area contributed by atoms with Gasteiger partial charge in [0.15, 0.2) is 17.9 Å². The summed E-state index contributed by atoms with van der Waals surface area (Å²) in [5.74, 6) is -6.08. The van der Waals surface area contributed by atoms with Gasteiger partial charge in [-0.05, 0) is 73.2 Å². The van der Waals surface area contributed by atoms with Gasteiger partial charge in [0.05, 0.1) is 44.8 Å².